The predicted octanol–water partition coefficient (Wildman–Crippen LogP) is 3.57. The average Bonchev–Trinajstić information content (AvgIpc) is 2.67. The predicted molar refractivity (Wildman–Crippen MR) is 92.4 cm³/mol. The number of halogens is 1. The molecule has 0 N–H and O–H groups in total. The molecule has 0 aliphatic carbocycles. The van der Waals surface area contributed by atoms with Crippen molar-refractivity contribution in [3.8, 4) is 5.75 Å². The van der Waals surface area contributed by atoms with E-state index in [2.05, 4.69) is 0 Å². The third kappa shape index (κ3) is 3.87. The van der Waals surface area contributed by atoms with E-state index >= 15 is 0 Å². The first-order valence-electron chi connectivity index (χ1n) is 8.31. The Hall–Kier alpha value is -2.69. The molecular formula is C20H20FNO3. The number of likely N-dealkylation sites (tertiary alicyclic amines) is 1. The molecule has 0 radical (unpaired) electrons. The van der Waals surface area contributed by atoms with Gasteiger partial charge in [0.2, 0.25) is 0 Å². The lowest BCUT2D eigenvalue weighted by Crippen LogP contribution is -2.42. The number of hydrogen-bond acceptors (Lipinski definition) is 3. The number of nitrogens with zero attached hydrogens (tertiary/aromatic N) is 1. The van der Waals surface area contributed by atoms with Gasteiger partial charge in [0.05, 0.1) is 7.11 Å². The number of hydrogen-bond donors (Lipinski definition) is 0. The van der Waals surface area contributed by atoms with Gasteiger partial charge in [-0.25, -0.2) is 4.39 Å². The molecule has 0 saturated carbocycles. The van der Waals surface area contributed by atoms with Crippen molar-refractivity contribution in [2.45, 2.75) is 12.8 Å². The molecule has 5 heteroatoms. The zero-order valence-corrected chi connectivity index (χ0v) is 14.1. The summed E-state index contributed by atoms with van der Waals surface area (Å²) in [6.45, 7) is 1.03. The van der Waals surface area contributed by atoms with Gasteiger partial charge in [0.1, 0.15) is 11.6 Å². The number of carbonyl (C=O) groups excluding carboxylic acids is 2. The summed E-state index contributed by atoms with van der Waals surface area (Å²) in [4.78, 5) is 27.0. The summed E-state index contributed by atoms with van der Waals surface area (Å²) < 4.78 is 18.1. The molecule has 1 heterocycles. The number of piperidine rings is 1. The zero-order chi connectivity index (χ0) is 17.8. The quantitative estimate of drug-likeness (QED) is 0.799. The molecule has 130 valence electrons. The number of benzene rings is 2. The summed E-state index contributed by atoms with van der Waals surface area (Å²) in [7, 11) is 1.58. The Balaban J connectivity index is 1.70. The van der Waals surface area contributed by atoms with Crippen molar-refractivity contribution in [3.63, 3.8) is 0 Å². The fourth-order valence-corrected chi connectivity index (χ4v) is 3.14. The van der Waals surface area contributed by atoms with Gasteiger partial charge in [-0.2, -0.15) is 0 Å². The number of rotatable bonds is 4. The molecule has 2 aromatic rings. The van der Waals surface area contributed by atoms with Crippen molar-refractivity contribution >= 4 is 11.7 Å². The maximum Gasteiger partial charge on any atom is 0.253 e. The Labute approximate surface area is 146 Å². The molecule has 1 saturated heterocycles. The van der Waals surface area contributed by atoms with Crippen molar-refractivity contribution in [2.75, 3.05) is 20.2 Å². The Morgan fingerprint density at radius 1 is 1.04 bits per heavy atom. The average molecular weight is 341 g/mol. The molecule has 1 unspecified atom stereocenters. The zero-order valence-electron chi connectivity index (χ0n) is 14.1. The SMILES string of the molecule is COc1ccc(C(=O)N2CCCC(C(=O)c3ccc(F)cc3)C2)cc1. The van der Waals surface area contributed by atoms with Crippen LogP contribution in [0.25, 0.3) is 0 Å². The van der Waals surface area contributed by atoms with Crippen LogP contribution >= 0.6 is 0 Å². The summed E-state index contributed by atoms with van der Waals surface area (Å²) in [5, 5.41) is 0. The summed E-state index contributed by atoms with van der Waals surface area (Å²) in [5.74, 6) is -0.0380. The number of carbonyl (C=O) groups is 2. The van der Waals surface area contributed by atoms with Crippen LogP contribution in [0.4, 0.5) is 4.39 Å². The third-order valence-corrected chi connectivity index (χ3v) is 4.55. The Bertz CT molecular complexity index is 756. The molecule has 1 amide bonds. The van der Waals surface area contributed by atoms with Crippen molar-refractivity contribution < 1.29 is 18.7 Å². The molecule has 1 aliphatic rings. The second-order valence-corrected chi connectivity index (χ2v) is 6.19. The van der Waals surface area contributed by atoms with Gasteiger partial charge in [0.25, 0.3) is 5.91 Å². The normalized spacial score (nSPS) is 17.2. The molecule has 1 fully saturated rings. The molecule has 0 bridgehead atoms. The van der Waals surface area contributed by atoms with Gasteiger partial charge in [0, 0.05) is 30.1 Å². The van der Waals surface area contributed by atoms with Gasteiger partial charge in [-0.1, -0.05) is 0 Å². The first kappa shape index (κ1) is 17.1. The van der Waals surface area contributed by atoms with Gasteiger partial charge in [-0.05, 0) is 61.4 Å². The number of ether oxygens (including phenoxy) is 1. The van der Waals surface area contributed by atoms with Crippen molar-refractivity contribution in [1.82, 2.24) is 4.90 Å². The van der Waals surface area contributed by atoms with E-state index in [1.54, 1.807) is 36.3 Å². The van der Waals surface area contributed by atoms with E-state index < -0.39 is 0 Å². The molecule has 0 aromatic heterocycles. The van der Waals surface area contributed by atoms with E-state index in [9.17, 15) is 14.0 Å². The fourth-order valence-electron chi connectivity index (χ4n) is 3.14. The molecule has 1 aliphatic heterocycles. The largest absolute Gasteiger partial charge is 0.497 e. The van der Waals surface area contributed by atoms with Crippen LogP contribution in [-0.4, -0.2) is 36.8 Å². The monoisotopic (exact) mass is 341 g/mol. The molecular weight excluding hydrogens is 321 g/mol. The lowest BCUT2D eigenvalue weighted by Gasteiger charge is -2.32. The fraction of sp³-hybridized carbons (Fsp3) is 0.300. The second-order valence-electron chi connectivity index (χ2n) is 6.19. The summed E-state index contributed by atoms with van der Waals surface area (Å²) in [6.07, 6.45) is 1.52. The second kappa shape index (κ2) is 7.47. The van der Waals surface area contributed by atoms with Gasteiger partial charge < -0.3 is 9.64 Å². The van der Waals surface area contributed by atoms with Crippen LogP contribution in [0.3, 0.4) is 0 Å². The number of methoxy groups -OCH3 is 1. The van der Waals surface area contributed by atoms with Gasteiger partial charge in [-0.3, -0.25) is 9.59 Å². The number of amides is 1. The van der Waals surface area contributed by atoms with Crippen LogP contribution in [0.1, 0.15) is 33.6 Å². The molecule has 1 atom stereocenters. The van der Waals surface area contributed by atoms with Gasteiger partial charge in [0.15, 0.2) is 5.78 Å². The molecule has 2 aromatic carbocycles. The Morgan fingerprint density at radius 3 is 2.32 bits per heavy atom. The van der Waals surface area contributed by atoms with Gasteiger partial charge >= 0.3 is 0 Å². The first-order chi connectivity index (χ1) is 12.1. The lowest BCUT2D eigenvalue weighted by atomic mass is 9.89. The lowest BCUT2D eigenvalue weighted by molar-refractivity contribution is 0.0637. The minimum Gasteiger partial charge on any atom is -0.497 e. The summed E-state index contributed by atoms with van der Waals surface area (Å²) >= 11 is 0. The van der Waals surface area contributed by atoms with E-state index in [1.165, 1.54) is 24.3 Å². The molecule has 4 nitrogen and oxygen atoms in total. The number of Topliss-reactive ketones (excluding diaryl/α,β-unsaturated/α-hetero) is 1. The van der Waals surface area contributed by atoms with E-state index in [4.69, 9.17) is 4.74 Å². The molecule has 0 spiro atoms. The minimum absolute atomic E-state index is 0.0350. The standard InChI is InChI=1S/C20H20FNO3/c1-25-18-10-6-15(7-11-18)20(24)22-12-2-3-16(13-22)19(23)14-4-8-17(21)9-5-14/h4-11,16H,2-3,12-13H2,1H3. The minimum atomic E-state index is -0.364. The van der Waals surface area contributed by atoms with Gasteiger partial charge in [-0.15, -0.1) is 0 Å². The van der Waals surface area contributed by atoms with E-state index in [0.717, 1.165) is 12.8 Å². The highest BCUT2D eigenvalue weighted by molar-refractivity contribution is 5.99. The van der Waals surface area contributed by atoms with Crippen molar-refractivity contribution in [2.24, 2.45) is 5.92 Å². The third-order valence-electron chi connectivity index (χ3n) is 4.55. The van der Waals surface area contributed by atoms with Crippen LogP contribution < -0.4 is 4.74 Å². The molecule has 25 heavy (non-hydrogen) atoms. The van der Waals surface area contributed by atoms with Crippen LogP contribution in [0.2, 0.25) is 0 Å². The Kier molecular flexibility index (Phi) is 5.12. The van der Waals surface area contributed by atoms with Crippen LogP contribution in [0, 0.1) is 11.7 Å². The van der Waals surface area contributed by atoms with Crippen LogP contribution in [0.15, 0.2) is 48.5 Å². The smallest absolute Gasteiger partial charge is 0.253 e. The maximum atomic E-state index is 13.0. The molecule has 3 rings (SSSR count). The highest BCUT2D eigenvalue weighted by Crippen LogP contribution is 2.23. The summed E-state index contributed by atoms with van der Waals surface area (Å²) in [6, 6.07) is 12.5. The van der Waals surface area contributed by atoms with Crippen molar-refractivity contribution in [3.05, 3.63) is 65.5 Å². The van der Waals surface area contributed by atoms with E-state index in [-0.39, 0.29) is 23.4 Å². The van der Waals surface area contributed by atoms with Crippen molar-refractivity contribution in [1.29, 1.82) is 0 Å². The van der Waals surface area contributed by atoms with E-state index in [0.29, 0.717) is 30.0 Å². The highest BCUT2D eigenvalue weighted by Gasteiger charge is 2.29. The number of ketones is 1. The van der Waals surface area contributed by atoms with E-state index in [1.807, 2.05) is 0 Å². The van der Waals surface area contributed by atoms with Crippen LogP contribution in [-0.2, 0) is 0 Å². The highest BCUT2D eigenvalue weighted by atomic mass is 19.1. The first-order valence-corrected chi connectivity index (χ1v) is 8.31. The summed E-state index contributed by atoms with van der Waals surface area (Å²) in [5.41, 5.74) is 1.07. The Morgan fingerprint density at radius 2 is 1.68 bits per heavy atom. The maximum absolute atomic E-state index is 13.0. The van der Waals surface area contributed by atoms with Crippen LogP contribution in [0.5, 0.6) is 5.75 Å². The topological polar surface area (TPSA) is 46.6 Å².